The van der Waals surface area contributed by atoms with Gasteiger partial charge in [-0.2, -0.15) is 0 Å². The van der Waals surface area contributed by atoms with Crippen LogP contribution in [0.3, 0.4) is 0 Å². The van der Waals surface area contributed by atoms with Crippen LogP contribution in [0.15, 0.2) is 0 Å². The number of hydrogen-bond donors (Lipinski definition) is 0. The van der Waals surface area contributed by atoms with Crippen molar-refractivity contribution in [1.29, 1.82) is 0 Å². The van der Waals surface area contributed by atoms with Crippen molar-refractivity contribution in [3.05, 3.63) is 0 Å². The van der Waals surface area contributed by atoms with Gasteiger partial charge in [0, 0.05) is 12.8 Å². The zero-order valence-corrected chi connectivity index (χ0v) is 13.3. The number of hydrogen-bond acceptors (Lipinski definition) is 4. The summed E-state index contributed by atoms with van der Waals surface area (Å²) in [6.45, 7) is 7.22. The molecule has 0 radical (unpaired) electrons. The largest absolute Gasteiger partial charge is 0.466 e. The van der Waals surface area contributed by atoms with Gasteiger partial charge in [0.25, 0.3) is 0 Å². The number of ether oxygens (including phenoxy) is 2. The van der Waals surface area contributed by atoms with Gasteiger partial charge in [-0.3, -0.25) is 9.59 Å². The van der Waals surface area contributed by atoms with Crippen molar-refractivity contribution in [3.63, 3.8) is 0 Å². The molecule has 0 rings (SSSR count). The Balaban J connectivity index is 3.41. The van der Waals surface area contributed by atoms with Gasteiger partial charge < -0.3 is 9.47 Å². The second-order valence-electron chi connectivity index (χ2n) is 5.36. The Morgan fingerprint density at radius 2 is 1.50 bits per heavy atom. The topological polar surface area (TPSA) is 52.6 Å². The van der Waals surface area contributed by atoms with Gasteiger partial charge in [0.15, 0.2) is 0 Å². The molecule has 4 nitrogen and oxygen atoms in total. The average molecular weight is 286 g/mol. The first-order valence-corrected chi connectivity index (χ1v) is 7.91. The number of carbonyl (C=O) groups excluding carboxylic acids is 2. The highest BCUT2D eigenvalue weighted by Crippen LogP contribution is 2.08. The maximum absolute atomic E-state index is 11.5. The molecule has 1 unspecified atom stereocenters. The van der Waals surface area contributed by atoms with Crippen molar-refractivity contribution in [2.75, 3.05) is 13.2 Å². The van der Waals surface area contributed by atoms with E-state index in [-0.39, 0.29) is 11.9 Å². The summed E-state index contributed by atoms with van der Waals surface area (Å²) in [6, 6.07) is 0. The molecule has 0 fully saturated rings. The molecule has 0 aliphatic rings. The van der Waals surface area contributed by atoms with Crippen molar-refractivity contribution in [3.8, 4) is 0 Å². The molecule has 0 saturated heterocycles. The highest BCUT2D eigenvalue weighted by Gasteiger charge is 2.07. The van der Waals surface area contributed by atoms with Crippen LogP contribution in [0.4, 0.5) is 0 Å². The number of carbonyl (C=O) groups is 2. The van der Waals surface area contributed by atoms with Crippen LogP contribution in [0.2, 0.25) is 0 Å². The van der Waals surface area contributed by atoms with E-state index in [9.17, 15) is 9.59 Å². The van der Waals surface area contributed by atoms with Crippen LogP contribution in [0, 0.1) is 5.92 Å². The predicted molar refractivity (Wildman–Crippen MR) is 79.4 cm³/mol. The SMILES string of the molecule is CCCOC(=O)CCCCCC(=O)OCC(C)CCC. The van der Waals surface area contributed by atoms with Crippen LogP contribution in [0.25, 0.3) is 0 Å². The molecule has 0 aliphatic heterocycles. The molecule has 4 heteroatoms. The van der Waals surface area contributed by atoms with E-state index in [2.05, 4.69) is 13.8 Å². The Labute approximate surface area is 123 Å². The fourth-order valence-electron chi connectivity index (χ4n) is 1.89. The van der Waals surface area contributed by atoms with Crippen LogP contribution in [0.5, 0.6) is 0 Å². The van der Waals surface area contributed by atoms with E-state index in [1.165, 1.54) is 0 Å². The van der Waals surface area contributed by atoms with Gasteiger partial charge >= 0.3 is 11.9 Å². The van der Waals surface area contributed by atoms with Gasteiger partial charge in [-0.15, -0.1) is 0 Å². The third kappa shape index (κ3) is 12.0. The monoisotopic (exact) mass is 286 g/mol. The fourth-order valence-corrected chi connectivity index (χ4v) is 1.89. The molecule has 1 atom stereocenters. The maximum Gasteiger partial charge on any atom is 0.305 e. The minimum absolute atomic E-state index is 0.124. The van der Waals surface area contributed by atoms with Gasteiger partial charge in [-0.05, 0) is 31.6 Å². The lowest BCUT2D eigenvalue weighted by molar-refractivity contribution is -0.145. The molecular weight excluding hydrogens is 256 g/mol. The Kier molecular flexibility index (Phi) is 12.3. The molecule has 0 aromatic heterocycles. The Morgan fingerprint density at radius 3 is 2.05 bits per heavy atom. The molecule has 0 aliphatic carbocycles. The number of unbranched alkanes of at least 4 members (excludes halogenated alkanes) is 2. The van der Waals surface area contributed by atoms with Crippen molar-refractivity contribution >= 4 is 11.9 Å². The van der Waals surface area contributed by atoms with E-state index >= 15 is 0 Å². The Morgan fingerprint density at radius 1 is 0.900 bits per heavy atom. The highest BCUT2D eigenvalue weighted by molar-refractivity contribution is 5.69. The zero-order chi connectivity index (χ0) is 15.2. The molecule has 0 aromatic carbocycles. The molecule has 0 spiro atoms. The Bertz CT molecular complexity index is 263. The quantitative estimate of drug-likeness (QED) is 0.404. The first kappa shape index (κ1) is 18.9. The zero-order valence-electron chi connectivity index (χ0n) is 13.3. The summed E-state index contributed by atoms with van der Waals surface area (Å²) >= 11 is 0. The summed E-state index contributed by atoms with van der Waals surface area (Å²) < 4.78 is 10.2. The third-order valence-corrected chi connectivity index (χ3v) is 3.04. The number of rotatable bonds is 12. The lowest BCUT2D eigenvalue weighted by atomic mass is 10.1. The molecule has 0 saturated carbocycles. The van der Waals surface area contributed by atoms with E-state index in [1.807, 2.05) is 6.92 Å². The summed E-state index contributed by atoms with van der Waals surface area (Å²) in [5.74, 6) is 0.182. The van der Waals surface area contributed by atoms with E-state index in [0.29, 0.717) is 32.0 Å². The minimum atomic E-state index is -0.136. The average Bonchev–Trinajstić information content (AvgIpc) is 2.42. The van der Waals surface area contributed by atoms with E-state index in [0.717, 1.165) is 38.5 Å². The molecular formula is C16H30O4. The van der Waals surface area contributed by atoms with Crippen LogP contribution < -0.4 is 0 Å². The van der Waals surface area contributed by atoms with Crippen molar-refractivity contribution in [1.82, 2.24) is 0 Å². The summed E-state index contributed by atoms with van der Waals surface area (Å²) in [5.41, 5.74) is 0. The van der Waals surface area contributed by atoms with E-state index in [4.69, 9.17) is 9.47 Å². The fraction of sp³-hybridized carbons (Fsp3) is 0.875. The lowest BCUT2D eigenvalue weighted by Gasteiger charge is -2.10. The Hall–Kier alpha value is -1.06. The molecule has 0 amide bonds. The highest BCUT2D eigenvalue weighted by atomic mass is 16.5. The molecule has 20 heavy (non-hydrogen) atoms. The van der Waals surface area contributed by atoms with Crippen LogP contribution >= 0.6 is 0 Å². The van der Waals surface area contributed by atoms with Gasteiger partial charge in [0.1, 0.15) is 0 Å². The lowest BCUT2D eigenvalue weighted by Crippen LogP contribution is -2.11. The van der Waals surface area contributed by atoms with Crippen molar-refractivity contribution < 1.29 is 19.1 Å². The summed E-state index contributed by atoms with van der Waals surface area (Å²) in [6.07, 6.45) is 6.38. The number of esters is 2. The molecule has 118 valence electrons. The summed E-state index contributed by atoms with van der Waals surface area (Å²) in [4.78, 5) is 22.7. The van der Waals surface area contributed by atoms with Crippen LogP contribution in [-0.4, -0.2) is 25.2 Å². The van der Waals surface area contributed by atoms with Crippen LogP contribution in [0.1, 0.15) is 72.1 Å². The normalized spacial score (nSPS) is 11.9. The smallest absolute Gasteiger partial charge is 0.305 e. The summed E-state index contributed by atoms with van der Waals surface area (Å²) in [7, 11) is 0. The molecule has 0 N–H and O–H groups in total. The minimum Gasteiger partial charge on any atom is -0.466 e. The molecule has 0 bridgehead atoms. The van der Waals surface area contributed by atoms with E-state index < -0.39 is 0 Å². The first-order valence-electron chi connectivity index (χ1n) is 7.91. The maximum atomic E-state index is 11.5. The van der Waals surface area contributed by atoms with E-state index in [1.54, 1.807) is 0 Å². The first-order chi connectivity index (χ1) is 9.60. The van der Waals surface area contributed by atoms with Crippen molar-refractivity contribution in [2.24, 2.45) is 5.92 Å². The van der Waals surface area contributed by atoms with Gasteiger partial charge in [-0.25, -0.2) is 0 Å². The van der Waals surface area contributed by atoms with Gasteiger partial charge in [0.05, 0.1) is 13.2 Å². The standard InChI is InChI=1S/C16H30O4/c1-4-9-14(3)13-20-16(18)11-8-6-7-10-15(17)19-12-5-2/h14H,4-13H2,1-3H3. The van der Waals surface area contributed by atoms with Gasteiger partial charge in [-0.1, -0.05) is 33.6 Å². The third-order valence-electron chi connectivity index (χ3n) is 3.04. The second kappa shape index (κ2) is 12.9. The predicted octanol–water partition coefficient (Wildman–Crippen LogP) is 3.87. The van der Waals surface area contributed by atoms with Gasteiger partial charge in [0.2, 0.25) is 0 Å². The molecule has 0 aromatic rings. The van der Waals surface area contributed by atoms with Crippen LogP contribution in [-0.2, 0) is 19.1 Å². The molecule has 0 heterocycles. The summed E-state index contributed by atoms with van der Waals surface area (Å²) in [5, 5.41) is 0. The second-order valence-corrected chi connectivity index (χ2v) is 5.36. The van der Waals surface area contributed by atoms with Crippen molar-refractivity contribution in [2.45, 2.75) is 72.1 Å².